The van der Waals surface area contributed by atoms with E-state index in [-0.39, 0.29) is 11.5 Å². The molecule has 28 heavy (non-hydrogen) atoms. The number of piperidine rings is 1. The number of aromatic nitrogens is 4. The third-order valence-corrected chi connectivity index (χ3v) is 5.01. The molecular weight excluding hydrogens is 358 g/mol. The van der Waals surface area contributed by atoms with Crippen LogP contribution in [0, 0.1) is 12.8 Å². The number of amides is 1. The van der Waals surface area contributed by atoms with Gasteiger partial charge in [0.1, 0.15) is 0 Å². The van der Waals surface area contributed by atoms with Crippen molar-refractivity contribution < 1.29 is 9.32 Å². The Morgan fingerprint density at radius 1 is 1.25 bits per heavy atom. The van der Waals surface area contributed by atoms with Gasteiger partial charge in [-0.3, -0.25) is 14.6 Å². The number of nitrogens with zero attached hydrogens (tertiary/aromatic N) is 5. The van der Waals surface area contributed by atoms with Crippen molar-refractivity contribution in [3.05, 3.63) is 64.5 Å². The van der Waals surface area contributed by atoms with Gasteiger partial charge in [-0.2, -0.15) is 5.10 Å². The molecule has 4 rings (SSSR count). The summed E-state index contributed by atoms with van der Waals surface area (Å²) in [6.07, 6.45) is 4.99. The summed E-state index contributed by atoms with van der Waals surface area (Å²) in [5.41, 5.74) is 1.81. The lowest BCUT2D eigenvalue weighted by Gasteiger charge is -2.31. The molecule has 1 aliphatic rings. The van der Waals surface area contributed by atoms with E-state index in [2.05, 4.69) is 15.2 Å². The molecule has 8 heteroatoms. The van der Waals surface area contributed by atoms with Crippen molar-refractivity contribution in [1.29, 1.82) is 0 Å². The Bertz CT molecular complexity index is 1020. The Balaban J connectivity index is 1.37. The summed E-state index contributed by atoms with van der Waals surface area (Å²) in [6, 6.07) is 8.58. The zero-order chi connectivity index (χ0) is 19.5. The van der Waals surface area contributed by atoms with Crippen LogP contribution in [0.1, 0.15) is 29.0 Å². The van der Waals surface area contributed by atoms with Crippen molar-refractivity contribution in [3.63, 3.8) is 0 Å². The van der Waals surface area contributed by atoms with Crippen LogP contribution in [0.2, 0.25) is 0 Å². The number of hydrogen-bond donors (Lipinski definition) is 0. The van der Waals surface area contributed by atoms with Gasteiger partial charge < -0.3 is 9.42 Å². The van der Waals surface area contributed by atoms with Crippen molar-refractivity contribution in [2.24, 2.45) is 5.92 Å². The van der Waals surface area contributed by atoms with Crippen LogP contribution < -0.4 is 5.56 Å². The number of carbonyl (C=O) groups excluding carboxylic acids is 1. The summed E-state index contributed by atoms with van der Waals surface area (Å²) in [5.74, 6) is 0.707. The summed E-state index contributed by atoms with van der Waals surface area (Å²) in [4.78, 5) is 30.5. The second kappa shape index (κ2) is 7.75. The van der Waals surface area contributed by atoms with Gasteiger partial charge in [-0.15, -0.1) is 0 Å². The number of likely N-dealkylation sites (tertiary alicyclic amines) is 1. The van der Waals surface area contributed by atoms with Crippen LogP contribution in [0.4, 0.5) is 0 Å². The molecule has 8 nitrogen and oxygen atoms in total. The standard InChI is InChI=1S/C20H21N5O3/c1-14-4-5-19(26)25(22-14)13-15-6-9-24(10-7-15)20(27)17-11-18(28-23-17)16-3-2-8-21-12-16/h2-5,8,11-12,15H,6-7,9-10,13H2,1H3. The van der Waals surface area contributed by atoms with E-state index >= 15 is 0 Å². The van der Waals surface area contributed by atoms with E-state index in [0.29, 0.717) is 37.0 Å². The maximum atomic E-state index is 12.7. The van der Waals surface area contributed by atoms with Gasteiger partial charge in [0.2, 0.25) is 0 Å². The molecule has 1 saturated heterocycles. The molecule has 4 heterocycles. The Kier molecular flexibility index (Phi) is 5.01. The number of hydrogen-bond acceptors (Lipinski definition) is 6. The lowest BCUT2D eigenvalue weighted by molar-refractivity contribution is 0.0670. The molecule has 0 aliphatic carbocycles. The quantitative estimate of drug-likeness (QED) is 0.689. The fraction of sp³-hybridized carbons (Fsp3) is 0.350. The molecule has 0 bridgehead atoms. The number of carbonyl (C=O) groups is 1. The van der Waals surface area contributed by atoms with Gasteiger partial charge in [0.05, 0.1) is 5.69 Å². The SMILES string of the molecule is Cc1ccc(=O)n(CC2CCN(C(=O)c3cc(-c4cccnc4)on3)CC2)n1. The van der Waals surface area contributed by atoms with Gasteiger partial charge in [-0.25, -0.2) is 4.68 Å². The topological polar surface area (TPSA) is 94.1 Å². The second-order valence-corrected chi connectivity index (χ2v) is 7.05. The Morgan fingerprint density at radius 3 is 2.82 bits per heavy atom. The molecular formula is C20H21N5O3. The first-order chi connectivity index (χ1) is 13.6. The van der Waals surface area contributed by atoms with Gasteiger partial charge in [0.15, 0.2) is 11.5 Å². The normalized spacial score (nSPS) is 15.0. The Hall–Kier alpha value is -3.29. The minimum absolute atomic E-state index is 0.0883. The number of rotatable bonds is 4. The molecule has 0 saturated carbocycles. The summed E-state index contributed by atoms with van der Waals surface area (Å²) in [5, 5.41) is 8.22. The maximum Gasteiger partial charge on any atom is 0.276 e. The van der Waals surface area contributed by atoms with Crippen LogP contribution in [-0.4, -0.2) is 43.8 Å². The van der Waals surface area contributed by atoms with Crippen LogP contribution >= 0.6 is 0 Å². The fourth-order valence-corrected chi connectivity index (χ4v) is 3.43. The molecule has 0 atom stereocenters. The molecule has 1 fully saturated rings. The minimum Gasteiger partial charge on any atom is -0.355 e. The molecule has 0 spiro atoms. The van der Waals surface area contributed by atoms with Gasteiger partial charge >= 0.3 is 0 Å². The number of aryl methyl sites for hydroxylation is 1. The van der Waals surface area contributed by atoms with Crippen molar-refractivity contribution in [2.75, 3.05) is 13.1 Å². The molecule has 1 amide bonds. The summed E-state index contributed by atoms with van der Waals surface area (Å²) in [7, 11) is 0. The smallest absolute Gasteiger partial charge is 0.276 e. The molecule has 0 radical (unpaired) electrons. The lowest BCUT2D eigenvalue weighted by Crippen LogP contribution is -2.40. The minimum atomic E-state index is -0.136. The molecule has 0 unspecified atom stereocenters. The predicted molar refractivity (Wildman–Crippen MR) is 102 cm³/mol. The van der Waals surface area contributed by atoms with E-state index in [1.807, 2.05) is 13.0 Å². The maximum absolute atomic E-state index is 12.7. The highest BCUT2D eigenvalue weighted by molar-refractivity contribution is 5.93. The van der Waals surface area contributed by atoms with Crippen molar-refractivity contribution in [1.82, 2.24) is 24.8 Å². The van der Waals surface area contributed by atoms with Crippen molar-refractivity contribution in [2.45, 2.75) is 26.3 Å². The molecule has 3 aromatic rings. The van der Waals surface area contributed by atoms with Gasteiger partial charge in [0.25, 0.3) is 11.5 Å². The zero-order valence-corrected chi connectivity index (χ0v) is 15.6. The summed E-state index contributed by atoms with van der Waals surface area (Å²) >= 11 is 0. The number of pyridine rings is 1. The molecule has 144 valence electrons. The first-order valence-electron chi connectivity index (χ1n) is 9.31. The van der Waals surface area contributed by atoms with E-state index in [9.17, 15) is 9.59 Å². The van der Waals surface area contributed by atoms with Crippen LogP contribution in [0.15, 0.2) is 52.0 Å². The molecule has 3 aromatic heterocycles. The zero-order valence-electron chi connectivity index (χ0n) is 15.6. The highest BCUT2D eigenvalue weighted by atomic mass is 16.5. The molecule has 0 N–H and O–H groups in total. The van der Waals surface area contributed by atoms with Gasteiger partial charge in [-0.1, -0.05) is 5.16 Å². The second-order valence-electron chi connectivity index (χ2n) is 7.05. The van der Waals surface area contributed by atoms with E-state index in [4.69, 9.17) is 4.52 Å². The van der Waals surface area contributed by atoms with Crippen molar-refractivity contribution >= 4 is 5.91 Å². The largest absolute Gasteiger partial charge is 0.355 e. The summed E-state index contributed by atoms with van der Waals surface area (Å²) in [6.45, 7) is 3.70. The Labute approximate surface area is 161 Å². The van der Waals surface area contributed by atoms with Gasteiger partial charge in [0, 0.05) is 49.7 Å². The fourth-order valence-electron chi connectivity index (χ4n) is 3.43. The van der Waals surface area contributed by atoms with E-state index in [1.54, 1.807) is 41.6 Å². The van der Waals surface area contributed by atoms with Crippen LogP contribution in [0.5, 0.6) is 0 Å². The van der Waals surface area contributed by atoms with E-state index < -0.39 is 0 Å². The lowest BCUT2D eigenvalue weighted by atomic mass is 9.96. The average molecular weight is 379 g/mol. The Morgan fingerprint density at radius 2 is 2.07 bits per heavy atom. The highest BCUT2D eigenvalue weighted by Gasteiger charge is 2.26. The average Bonchev–Trinajstić information content (AvgIpc) is 3.22. The molecule has 1 aliphatic heterocycles. The molecule has 0 aromatic carbocycles. The first-order valence-corrected chi connectivity index (χ1v) is 9.31. The van der Waals surface area contributed by atoms with E-state index in [1.165, 1.54) is 4.68 Å². The monoisotopic (exact) mass is 379 g/mol. The summed E-state index contributed by atoms with van der Waals surface area (Å²) < 4.78 is 6.83. The third-order valence-electron chi connectivity index (χ3n) is 5.01. The van der Waals surface area contributed by atoms with E-state index in [0.717, 1.165) is 24.1 Å². The third kappa shape index (κ3) is 3.85. The van der Waals surface area contributed by atoms with Crippen molar-refractivity contribution in [3.8, 4) is 11.3 Å². The van der Waals surface area contributed by atoms with Crippen LogP contribution in [-0.2, 0) is 6.54 Å². The van der Waals surface area contributed by atoms with Gasteiger partial charge in [-0.05, 0) is 43.9 Å². The van der Waals surface area contributed by atoms with Crippen LogP contribution in [0.25, 0.3) is 11.3 Å². The first kappa shape index (κ1) is 18.1. The van der Waals surface area contributed by atoms with Crippen LogP contribution in [0.3, 0.4) is 0 Å². The highest BCUT2D eigenvalue weighted by Crippen LogP contribution is 2.23. The predicted octanol–water partition coefficient (Wildman–Crippen LogP) is 2.15.